The Kier molecular flexibility index (Phi) is 3.13. The third-order valence-electron chi connectivity index (χ3n) is 3.42. The van der Waals surface area contributed by atoms with Crippen LogP contribution in [-0.4, -0.2) is 32.3 Å². The minimum absolute atomic E-state index is 0.182. The van der Waals surface area contributed by atoms with E-state index in [-0.39, 0.29) is 4.90 Å². The fraction of sp³-hybridized carbons (Fsp3) is 0.308. The Balaban J connectivity index is 2.06. The van der Waals surface area contributed by atoms with E-state index in [4.69, 9.17) is 4.74 Å². The summed E-state index contributed by atoms with van der Waals surface area (Å²) in [5.74, 6) is 0.742. The number of methoxy groups -OCH3 is 1. The summed E-state index contributed by atoms with van der Waals surface area (Å²) in [6.07, 6.45) is 4.36. The van der Waals surface area contributed by atoms with Crippen LogP contribution in [0.4, 0.5) is 5.69 Å². The molecule has 0 bridgehead atoms. The highest BCUT2D eigenvalue weighted by molar-refractivity contribution is 7.92. The van der Waals surface area contributed by atoms with E-state index in [1.165, 1.54) is 16.7 Å². The Morgan fingerprint density at radius 2 is 2.25 bits per heavy atom. The third-order valence-corrected chi connectivity index (χ3v) is 5.20. The predicted octanol–water partition coefficient (Wildman–Crippen LogP) is 1.56. The third kappa shape index (κ3) is 2.03. The van der Waals surface area contributed by atoms with Crippen molar-refractivity contribution < 1.29 is 13.2 Å². The second-order valence-electron chi connectivity index (χ2n) is 4.61. The lowest BCUT2D eigenvalue weighted by molar-refractivity contribution is 0.414. The first-order valence-electron chi connectivity index (χ1n) is 6.31. The minimum Gasteiger partial charge on any atom is -0.497 e. The van der Waals surface area contributed by atoms with Crippen LogP contribution < -0.4 is 9.04 Å². The molecule has 3 rings (SSSR count). The lowest BCUT2D eigenvalue weighted by Crippen LogP contribution is -2.35. The van der Waals surface area contributed by atoms with E-state index in [1.54, 1.807) is 19.2 Å². The Morgan fingerprint density at radius 3 is 2.95 bits per heavy atom. The number of nitrogens with one attached hydrogen (secondary N) is 1. The number of aromatic nitrogens is 2. The van der Waals surface area contributed by atoms with Crippen molar-refractivity contribution in [1.82, 2.24) is 10.2 Å². The van der Waals surface area contributed by atoms with Gasteiger partial charge in [-0.05, 0) is 36.6 Å². The van der Waals surface area contributed by atoms with Gasteiger partial charge in [-0.2, -0.15) is 5.10 Å². The molecule has 0 amide bonds. The molecule has 2 aromatic rings. The van der Waals surface area contributed by atoms with Gasteiger partial charge in [-0.15, -0.1) is 0 Å². The summed E-state index contributed by atoms with van der Waals surface area (Å²) in [6, 6.07) is 5.47. The molecule has 0 radical (unpaired) electrons. The average molecular weight is 293 g/mol. The molecule has 106 valence electrons. The van der Waals surface area contributed by atoms with Crippen molar-refractivity contribution in [3.8, 4) is 5.75 Å². The molecular formula is C13H15N3O3S. The zero-order valence-corrected chi connectivity index (χ0v) is 11.9. The highest BCUT2D eigenvalue weighted by Gasteiger charge is 2.29. The standard InChI is InChI=1S/C13H15N3O3S/c1-19-11-4-5-13-10(7-11)3-2-6-16(13)20(17,18)12-8-14-15-9-12/h4-5,7-9H,2-3,6H2,1H3,(H,14,15). The van der Waals surface area contributed by atoms with Crippen LogP contribution in [-0.2, 0) is 16.4 Å². The molecule has 0 spiro atoms. The maximum Gasteiger partial charge on any atom is 0.267 e. The van der Waals surface area contributed by atoms with Gasteiger partial charge in [-0.25, -0.2) is 8.42 Å². The summed E-state index contributed by atoms with van der Waals surface area (Å²) >= 11 is 0. The van der Waals surface area contributed by atoms with Crippen molar-refractivity contribution in [2.24, 2.45) is 0 Å². The van der Waals surface area contributed by atoms with E-state index in [2.05, 4.69) is 10.2 Å². The SMILES string of the molecule is COc1ccc2c(c1)CCCN2S(=O)(=O)c1cn[nH]c1. The Labute approximate surface area is 117 Å². The number of nitrogens with zero attached hydrogens (tertiary/aromatic N) is 2. The summed E-state index contributed by atoms with van der Waals surface area (Å²) in [7, 11) is -1.95. The van der Waals surface area contributed by atoms with Crippen LogP contribution in [0.25, 0.3) is 0 Å². The van der Waals surface area contributed by atoms with Crippen LogP contribution in [0.2, 0.25) is 0 Å². The summed E-state index contributed by atoms with van der Waals surface area (Å²) in [5, 5.41) is 6.26. The molecule has 0 saturated carbocycles. The molecule has 6 nitrogen and oxygen atoms in total. The van der Waals surface area contributed by atoms with Crippen molar-refractivity contribution in [3.05, 3.63) is 36.2 Å². The summed E-state index contributed by atoms with van der Waals surface area (Å²) < 4.78 is 31.8. The molecule has 0 unspecified atom stereocenters. The van der Waals surface area contributed by atoms with Crippen LogP contribution in [0, 0.1) is 0 Å². The van der Waals surface area contributed by atoms with Crippen molar-refractivity contribution in [2.75, 3.05) is 18.0 Å². The lowest BCUT2D eigenvalue weighted by Gasteiger charge is -2.30. The molecule has 2 heterocycles. The Bertz CT molecular complexity index is 710. The van der Waals surface area contributed by atoms with Gasteiger partial charge < -0.3 is 4.74 Å². The first-order chi connectivity index (χ1) is 9.63. The quantitative estimate of drug-likeness (QED) is 0.932. The van der Waals surface area contributed by atoms with Gasteiger partial charge in [0.05, 0.1) is 19.0 Å². The number of benzene rings is 1. The van der Waals surface area contributed by atoms with Gasteiger partial charge in [0.25, 0.3) is 10.0 Å². The summed E-state index contributed by atoms with van der Waals surface area (Å²) in [6.45, 7) is 0.479. The van der Waals surface area contributed by atoms with Crippen LogP contribution >= 0.6 is 0 Å². The number of hydrogen-bond donors (Lipinski definition) is 1. The van der Waals surface area contributed by atoms with Gasteiger partial charge >= 0.3 is 0 Å². The van der Waals surface area contributed by atoms with Gasteiger partial charge in [0.1, 0.15) is 10.6 Å². The number of hydrogen-bond acceptors (Lipinski definition) is 4. The van der Waals surface area contributed by atoms with Crippen LogP contribution in [0.5, 0.6) is 5.75 Å². The van der Waals surface area contributed by atoms with E-state index >= 15 is 0 Å². The van der Waals surface area contributed by atoms with E-state index in [9.17, 15) is 8.42 Å². The van der Waals surface area contributed by atoms with E-state index in [0.717, 1.165) is 29.8 Å². The topological polar surface area (TPSA) is 75.3 Å². The van der Waals surface area contributed by atoms with E-state index < -0.39 is 10.0 Å². The molecule has 1 aliphatic heterocycles. The molecule has 1 aromatic heterocycles. The lowest BCUT2D eigenvalue weighted by atomic mass is 10.0. The number of aryl methyl sites for hydroxylation is 1. The minimum atomic E-state index is -3.55. The summed E-state index contributed by atoms with van der Waals surface area (Å²) in [5.41, 5.74) is 1.71. The molecule has 0 saturated heterocycles. The molecule has 0 fully saturated rings. The zero-order valence-electron chi connectivity index (χ0n) is 11.0. The van der Waals surface area contributed by atoms with Crippen molar-refractivity contribution in [1.29, 1.82) is 0 Å². The van der Waals surface area contributed by atoms with Crippen LogP contribution in [0.1, 0.15) is 12.0 Å². The van der Waals surface area contributed by atoms with Gasteiger partial charge in [0.2, 0.25) is 0 Å². The highest BCUT2D eigenvalue weighted by Crippen LogP contribution is 2.33. The first-order valence-corrected chi connectivity index (χ1v) is 7.75. The second kappa shape index (κ2) is 4.82. The van der Waals surface area contributed by atoms with E-state index in [1.807, 2.05) is 6.07 Å². The van der Waals surface area contributed by atoms with Gasteiger partial charge in [0.15, 0.2) is 0 Å². The monoisotopic (exact) mass is 293 g/mol. The van der Waals surface area contributed by atoms with Gasteiger partial charge in [-0.3, -0.25) is 9.40 Å². The largest absolute Gasteiger partial charge is 0.497 e. The zero-order chi connectivity index (χ0) is 14.2. The Morgan fingerprint density at radius 1 is 1.40 bits per heavy atom. The number of H-pyrrole nitrogens is 1. The summed E-state index contributed by atoms with van der Waals surface area (Å²) in [4.78, 5) is 0.182. The first kappa shape index (κ1) is 13.0. The number of sulfonamides is 1. The number of aromatic amines is 1. The molecular weight excluding hydrogens is 278 g/mol. The van der Waals surface area contributed by atoms with Gasteiger partial charge in [0, 0.05) is 12.7 Å². The molecule has 1 aliphatic rings. The Hall–Kier alpha value is -2.02. The molecule has 7 heteroatoms. The molecule has 0 atom stereocenters. The maximum absolute atomic E-state index is 12.6. The fourth-order valence-electron chi connectivity index (χ4n) is 2.42. The number of fused-ring (bicyclic) bond motifs is 1. The molecule has 0 aliphatic carbocycles. The molecule has 20 heavy (non-hydrogen) atoms. The van der Waals surface area contributed by atoms with Crippen LogP contribution in [0.15, 0.2) is 35.5 Å². The van der Waals surface area contributed by atoms with Gasteiger partial charge in [-0.1, -0.05) is 0 Å². The van der Waals surface area contributed by atoms with Crippen molar-refractivity contribution >= 4 is 15.7 Å². The van der Waals surface area contributed by atoms with Crippen LogP contribution in [0.3, 0.4) is 0 Å². The maximum atomic E-state index is 12.6. The normalized spacial score (nSPS) is 14.9. The molecule has 1 aromatic carbocycles. The molecule has 1 N–H and O–H groups in total. The smallest absolute Gasteiger partial charge is 0.267 e. The number of rotatable bonds is 3. The predicted molar refractivity (Wildman–Crippen MR) is 74.4 cm³/mol. The highest BCUT2D eigenvalue weighted by atomic mass is 32.2. The average Bonchev–Trinajstić information content (AvgIpc) is 3.01. The van der Waals surface area contributed by atoms with Crippen molar-refractivity contribution in [2.45, 2.75) is 17.7 Å². The number of ether oxygens (including phenoxy) is 1. The van der Waals surface area contributed by atoms with Crippen molar-refractivity contribution in [3.63, 3.8) is 0 Å². The second-order valence-corrected chi connectivity index (χ2v) is 6.47. The number of anilines is 1. The fourth-order valence-corrected chi connectivity index (χ4v) is 3.87. The van der Waals surface area contributed by atoms with E-state index in [0.29, 0.717) is 6.54 Å².